The number of hydrogen-bond donors (Lipinski definition) is 1. The molecule has 5 nitrogen and oxygen atoms in total. The van der Waals surface area contributed by atoms with Gasteiger partial charge in [-0.05, 0) is 37.2 Å². The predicted octanol–water partition coefficient (Wildman–Crippen LogP) is 2.64. The van der Waals surface area contributed by atoms with Crippen molar-refractivity contribution in [2.24, 2.45) is 5.92 Å². The third-order valence-corrected chi connectivity index (χ3v) is 4.92. The first-order valence-corrected chi connectivity index (χ1v) is 7.96. The smallest absolute Gasteiger partial charge is 0.255 e. The summed E-state index contributed by atoms with van der Waals surface area (Å²) < 4.78 is 1.72. The van der Waals surface area contributed by atoms with Gasteiger partial charge >= 0.3 is 0 Å². The highest BCUT2D eigenvalue weighted by molar-refractivity contribution is 7.99. The van der Waals surface area contributed by atoms with Gasteiger partial charge in [-0.2, -0.15) is 31.3 Å². The molecule has 1 aliphatic rings. The number of fused-ring (bicyclic) bond motifs is 1. The van der Waals surface area contributed by atoms with Crippen molar-refractivity contribution in [3.63, 3.8) is 0 Å². The van der Waals surface area contributed by atoms with Crippen LogP contribution in [0.5, 0.6) is 0 Å². The van der Waals surface area contributed by atoms with Crippen LogP contribution in [0.25, 0.3) is 5.78 Å². The number of hydrogen-bond acceptors (Lipinski definition) is 5. The van der Waals surface area contributed by atoms with Crippen LogP contribution in [0.1, 0.15) is 18.4 Å². The van der Waals surface area contributed by atoms with Crippen LogP contribution in [-0.4, -0.2) is 37.6 Å². The Morgan fingerprint density at radius 2 is 2.26 bits per heavy atom. The first kappa shape index (κ1) is 13.0. The second kappa shape index (κ2) is 5.54. The normalized spacial score (nSPS) is 16.9. The average molecular weight is 298 g/mol. The van der Waals surface area contributed by atoms with E-state index in [2.05, 4.69) is 20.4 Å². The zero-order valence-corrected chi connectivity index (χ0v) is 12.3. The lowest BCUT2D eigenvalue weighted by atomic mass is 10.0. The standard InChI is InChI=1S/C12H16ClN5S/c1-8-10(13)17-12-15-7-16-18(12)11(8)14-6-9-2-4-19-5-3-9/h7,9,14H,2-6H2,1H3. The average Bonchev–Trinajstić information content (AvgIpc) is 2.88. The van der Waals surface area contributed by atoms with E-state index in [0.717, 1.165) is 23.8 Å². The Labute approximate surface area is 121 Å². The van der Waals surface area contributed by atoms with Crippen LogP contribution in [0.3, 0.4) is 0 Å². The van der Waals surface area contributed by atoms with Gasteiger partial charge in [0.15, 0.2) is 0 Å². The molecule has 102 valence electrons. The van der Waals surface area contributed by atoms with E-state index in [1.807, 2.05) is 18.7 Å². The quantitative estimate of drug-likeness (QED) is 0.883. The molecule has 1 aliphatic heterocycles. The topological polar surface area (TPSA) is 55.1 Å². The van der Waals surface area contributed by atoms with Crippen molar-refractivity contribution in [2.45, 2.75) is 19.8 Å². The summed E-state index contributed by atoms with van der Waals surface area (Å²) >= 11 is 8.18. The van der Waals surface area contributed by atoms with Crippen LogP contribution in [0.2, 0.25) is 5.15 Å². The molecule has 2 aromatic heterocycles. The maximum Gasteiger partial charge on any atom is 0.255 e. The lowest BCUT2D eigenvalue weighted by Gasteiger charge is -2.22. The molecular formula is C12H16ClN5S. The fourth-order valence-corrected chi connectivity index (χ4v) is 3.67. The first-order chi connectivity index (χ1) is 9.25. The van der Waals surface area contributed by atoms with Crippen LogP contribution < -0.4 is 5.32 Å². The van der Waals surface area contributed by atoms with Crippen LogP contribution in [0.4, 0.5) is 5.82 Å². The molecule has 0 radical (unpaired) electrons. The van der Waals surface area contributed by atoms with Crippen LogP contribution in [-0.2, 0) is 0 Å². The Morgan fingerprint density at radius 1 is 1.47 bits per heavy atom. The molecule has 3 heterocycles. The van der Waals surface area contributed by atoms with Gasteiger partial charge in [0.05, 0.1) is 0 Å². The van der Waals surface area contributed by atoms with Gasteiger partial charge in [0.25, 0.3) is 5.78 Å². The highest BCUT2D eigenvalue weighted by Crippen LogP contribution is 2.25. The molecule has 0 amide bonds. The van der Waals surface area contributed by atoms with Crippen molar-refractivity contribution in [3.05, 3.63) is 17.0 Å². The van der Waals surface area contributed by atoms with Gasteiger partial charge < -0.3 is 5.32 Å². The van der Waals surface area contributed by atoms with Crippen LogP contribution in [0.15, 0.2) is 6.33 Å². The Balaban J connectivity index is 1.82. The van der Waals surface area contributed by atoms with Crippen LogP contribution in [0, 0.1) is 12.8 Å². The molecule has 1 fully saturated rings. The lowest BCUT2D eigenvalue weighted by Crippen LogP contribution is -2.21. The van der Waals surface area contributed by atoms with E-state index in [9.17, 15) is 0 Å². The fourth-order valence-electron chi connectivity index (χ4n) is 2.30. The van der Waals surface area contributed by atoms with E-state index in [4.69, 9.17) is 11.6 Å². The number of aromatic nitrogens is 4. The van der Waals surface area contributed by atoms with Crippen LogP contribution >= 0.6 is 23.4 Å². The number of anilines is 1. The van der Waals surface area contributed by atoms with Crippen molar-refractivity contribution in [1.82, 2.24) is 19.6 Å². The van der Waals surface area contributed by atoms with E-state index < -0.39 is 0 Å². The summed E-state index contributed by atoms with van der Waals surface area (Å²) in [6.07, 6.45) is 4.05. The second-order valence-electron chi connectivity index (χ2n) is 4.78. The van der Waals surface area contributed by atoms with Crippen molar-refractivity contribution in [1.29, 1.82) is 0 Å². The summed E-state index contributed by atoms with van der Waals surface area (Å²) in [5, 5.41) is 8.17. The molecule has 0 unspecified atom stereocenters. The number of nitrogens with zero attached hydrogens (tertiary/aromatic N) is 4. The minimum Gasteiger partial charge on any atom is -0.369 e. The van der Waals surface area contributed by atoms with Gasteiger partial charge in [0.1, 0.15) is 17.3 Å². The Morgan fingerprint density at radius 3 is 3.05 bits per heavy atom. The fraction of sp³-hybridized carbons (Fsp3) is 0.583. The monoisotopic (exact) mass is 297 g/mol. The third kappa shape index (κ3) is 2.65. The highest BCUT2D eigenvalue weighted by atomic mass is 35.5. The molecule has 2 aromatic rings. The summed E-state index contributed by atoms with van der Waals surface area (Å²) in [6.45, 7) is 2.91. The SMILES string of the molecule is Cc1c(Cl)nc2ncnn2c1NCC1CCSCC1. The van der Waals surface area contributed by atoms with Crippen molar-refractivity contribution >= 4 is 35.0 Å². The summed E-state index contributed by atoms with van der Waals surface area (Å²) in [5.41, 5.74) is 0.921. The van der Waals surface area contributed by atoms with Crippen molar-refractivity contribution < 1.29 is 0 Å². The largest absolute Gasteiger partial charge is 0.369 e. The molecule has 0 aromatic carbocycles. The molecular weight excluding hydrogens is 282 g/mol. The first-order valence-electron chi connectivity index (χ1n) is 6.43. The van der Waals surface area contributed by atoms with Crippen molar-refractivity contribution in [3.8, 4) is 0 Å². The van der Waals surface area contributed by atoms with Gasteiger partial charge in [-0.3, -0.25) is 0 Å². The van der Waals surface area contributed by atoms with E-state index in [-0.39, 0.29) is 0 Å². The number of halogens is 1. The molecule has 0 spiro atoms. The van der Waals surface area contributed by atoms with E-state index >= 15 is 0 Å². The lowest BCUT2D eigenvalue weighted by molar-refractivity contribution is 0.514. The van der Waals surface area contributed by atoms with Gasteiger partial charge in [-0.15, -0.1) is 0 Å². The Bertz CT molecular complexity index is 579. The second-order valence-corrected chi connectivity index (χ2v) is 6.37. The van der Waals surface area contributed by atoms with Crippen molar-refractivity contribution in [2.75, 3.05) is 23.4 Å². The number of nitrogens with one attached hydrogen (secondary N) is 1. The predicted molar refractivity (Wildman–Crippen MR) is 79.1 cm³/mol. The zero-order chi connectivity index (χ0) is 13.2. The molecule has 19 heavy (non-hydrogen) atoms. The molecule has 0 atom stereocenters. The maximum absolute atomic E-state index is 6.14. The summed E-state index contributed by atoms with van der Waals surface area (Å²) in [7, 11) is 0. The molecule has 0 bridgehead atoms. The molecule has 1 N–H and O–H groups in total. The van der Waals surface area contributed by atoms with Gasteiger partial charge in [0, 0.05) is 12.1 Å². The minimum atomic E-state index is 0.488. The molecule has 0 aliphatic carbocycles. The maximum atomic E-state index is 6.14. The van der Waals surface area contributed by atoms with Gasteiger partial charge in [-0.25, -0.2) is 0 Å². The molecule has 3 rings (SSSR count). The molecule has 0 saturated carbocycles. The zero-order valence-electron chi connectivity index (χ0n) is 10.8. The van der Waals surface area contributed by atoms with E-state index in [1.54, 1.807) is 4.52 Å². The Kier molecular flexibility index (Phi) is 3.79. The molecule has 7 heteroatoms. The number of thioether (sulfide) groups is 1. The van der Waals surface area contributed by atoms with E-state index in [1.165, 1.54) is 30.7 Å². The third-order valence-electron chi connectivity index (χ3n) is 3.50. The minimum absolute atomic E-state index is 0.488. The number of rotatable bonds is 3. The summed E-state index contributed by atoms with van der Waals surface area (Å²) in [4.78, 5) is 8.29. The summed E-state index contributed by atoms with van der Waals surface area (Å²) in [6, 6.07) is 0. The van der Waals surface area contributed by atoms with E-state index in [0.29, 0.717) is 10.9 Å². The highest BCUT2D eigenvalue weighted by Gasteiger charge is 2.16. The van der Waals surface area contributed by atoms with Gasteiger partial charge in [0.2, 0.25) is 0 Å². The Hall–Kier alpha value is -1.01. The van der Waals surface area contributed by atoms with Gasteiger partial charge in [-0.1, -0.05) is 11.6 Å². The molecule has 1 saturated heterocycles. The summed E-state index contributed by atoms with van der Waals surface area (Å²) in [5.74, 6) is 4.71.